The molecule has 1 amide bonds. The summed E-state index contributed by atoms with van der Waals surface area (Å²) >= 11 is 0. The molecule has 1 rings (SSSR count). The molecule has 0 aromatic heterocycles. The van der Waals surface area contributed by atoms with Gasteiger partial charge in [0.25, 0.3) is 0 Å². The zero-order valence-electron chi connectivity index (χ0n) is 12.4. The zero-order valence-corrected chi connectivity index (χ0v) is 12.4. The van der Waals surface area contributed by atoms with Crippen LogP contribution in [0.1, 0.15) is 44.4 Å². The summed E-state index contributed by atoms with van der Waals surface area (Å²) in [5.74, 6) is -0.340. The molecular formula is C15H21F3N2O. The lowest BCUT2D eigenvalue weighted by Crippen LogP contribution is -2.45. The highest BCUT2D eigenvalue weighted by atomic mass is 19.4. The smallest absolute Gasteiger partial charge is 0.348 e. The second-order valence-electron chi connectivity index (χ2n) is 5.26. The third-order valence-electron chi connectivity index (χ3n) is 3.63. The molecule has 0 fully saturated rings. The summed E-state index contributed by atoms with van der Waals surface area (Å²) in [6.45, 7) is 5.42. The largest absolute Gasteiger partial charge is 0.416 e. The van der Waals surface area contributed by atoms with Gasteiger partial charge in [0.15, 0.2) is 0 Å². The van der Waals surface area contributed by atoms with E-state index in [-0.39, 0.29) is 11.8 Å². The van der Waals surface area contributed by atoms with Gasteiger partial charge in [-0.1, -0.05) is 32.4 Å². The highest BCUT2D eigenvalue weighted by Crippen LogP contribution is 2.30. The molecule has 0 saturated heterocycles. The minimum absolute atomic E-state index is 0.0127. The standard InChI is InChI=1S/C15H21F3N2O/c1-4-9(2)13(19)14(21)20-10(3)11-6-5-7-12(8-11)15(16,17)18/h5-10,13H,4,19H2,1-3H3,(H,20,21)/t9-,10?,13-/m0/s1. The lowest BCUT2D eigenvalue weighted by Gasteiger charge is -2.21. The van der Waals surface area contributed by atoms with Crippen LogP contribution in [0.3, 0.4) is 0 Å². The van der Waals surface area contributed by atoms with Crippen LogP contribution in [0.5, 0.6) is 0 Å². The minimum atomic E-state index is -4.40. The molecular weight excluding hydrogens is 281 g/mol. The molecule has 0 aliphatic carbocycles. The number of halogens is 3. The van der Waals surface area contributed by atoms with Gasteiger partial charge >= 0.3 is 6.18 Å². The van der Waals surface area contributed by atoms with E-state index >= 15 is 0 Å². The molecule has 3 N–H and O–H groups in total. The number of rotatable bonds is 5. The number of benzene rings is 1. The number of hydrogen-bond donors (Lipinski definition) is 2. The molecule has 1 unspecified atom stereocenters. The Labute approximate surface area is 122 Å². The topological polar surface area (TPSA) is 55.1 Å². The van der Waals surface area contributed by atoms with Gasteiger partial charge in [-0.3, -0.25) is 4.79 Å². The van der Waals surface area contributed by atoms with Crippen LogP contribution in [0.4, 0.5) is 13.2 Å². The summed E-state index contributed by atoms with van der Waals surface area (Å²) in [4.78, 5) is 12.0. The van der Waals surface area contributed by atoms with Gasteiger partial charge in [0.05, 0.1) is 17.6 Å². The van der Waals surface area contributed by atoms with Crippen LogP contribution in [0, 0.1) is 5.92 Å². The van der Waals surface area contributed by atoms with E-state index in [1.54, 1.807) is 13.0 Å². The van der Waals surface area contributed by atoms with E-state index in [2.05, 4.69) is 5.32 Å². The van der Waals surface area contributed by atoms with Gasteiger partial charge in [0.2, 0.25) is 5.91 Å². The van der Waals surface area contributed by atoms with Crippen molar-refractivity contribution in [2.24, 2.45) is 11.7 Å². The quantitative estimate of drug-likeness (QED) is 0.877. The third kappa shape index (κ3) is 4.74. The Balaban J connectivity index is 2.81. The van der Waals surface area contributed by atoms with E-state index in [1.165, 1.54) is 6.07 Å². The maximum atomic E-state index is 12.7. The van der Waals surface area contributed by atoms with Crippen molar-refractivity contribution in [2.45, 2.75) is 45.5 Å². The second-order valence-corrected chi connectivity index (χ2v) is 5.26. The molecule has 6 heteroatoms. The summed E-state index contributed by atoms with van der Waals surface area (Å²) in [6.07, 6.45) is -3.64. The number of alkyl halides is 3. The molecule has 118 valence electrons. The molecule has 0 radical (unpaired) electrons. The summed E-state index contributed by atoms with van der Waals surface area (Å²) < 4.78 is 38.0. The Morgan fingerprint density at radius 2 is 1.95 bits per heavy atom. The second kappa shape index (κ2) is 6.93. The molecule has 3 nitrogen and oxygen atoms in total. The van der Waals surface area contributed by atoms with Gasteiger partial charge in [-0.25, -0.2) is 0 Å². The lowest BCUT2D eigenvalue weighted by molar-refractivity contribution is -0.137. The zero-order chi connectivity index (χ0) is 16.2. The average molecular weight is 302 g/mol. The van der Waals surface area contributed by atoms with Crippen molar-refractivity contribution in [2.75, 3.05) is 0 Å². The van der Waals surface area contributed by atoms with Crippen LogP contribution in [0.2, 0.25) is 0 Å². The van der Waals surface area contributed by atoms with E-state index in [1.807, 2.05) is 13.8 Å². The van der Waals surface area contributed by atoms with Crippen LogP contribution in [0.15, 0.2) is 24.3 Å². The highest BCUT2D eigenvalue weighted by Gasteiger charge is 2.31. The van der Waals surface area contributed by atoms with Gasteiger partial charge in [0, 0.05) is 0 Å². The Hall–Kier alpha value is -1.56. The third-order valence-corrected chi connectivity index (χ3v) is 3.63. The van der Waals surface area contributed by atoms with Crippen LogP contribution in [-0.4, -0.2) is 11.9 Å². The Morgan fingerprint density at radius 1 is 1.33 bits per heavy atom. The fraction of sp³-hybridized carbons (Fsp3) is 0.533. The van der Waals surface area contributed by atoms with Crippen LogP contribution in [-0.2, 0) is 11.0 Å². The van der Waals surface area contributed by atoms with Crippen molar-refractivity contribution >= 4 is 5.91 Å². The average Bonchev–Trinajstić information content (AvgIpc) is 2.44. The lowest BCUT2D eigenvalue weighted by atomic mass is 9.98. The number of nitrogens with one attached hydrogen (secondary N) is 1. The summed E-state index contributed by atoms with van der Waals surface area (Å²) in [6, 6.07) is 3.73. The van der Waals surface area contributed by atoms with Crippen LogP contribution in [0.25, 0.3) is 0 Å². The summed E-state index contributed by atoms with van der Waals surface area (Å²) in [5, 5.41) is 2.66. The van der Waals surface area contributed by atoms with Crippen molar-refractivity contribution in [1.29, 1.82) is 0 Å². The molecule has 3 atom stereocenters. The van der Waals surface area contributed by atoms with Crippen molar-refractivity contribution < 1.29 is 18.0 Å². The first-order valence-electron chi connectivity index (χ1n) is 6.90. The first kappa shape index (κ1) is 17.5. The molecule has 1 aromatic carbocycles. The summed E-state index contributed by atoms with van der Waals surface area (Å²) in [5.41, 5.74) is 5.47. The van der Waals surface area contributed by atoms with E-state index < -0.39 is 23.8 Å². The van der Waals surface area contributed by atoms with Gasteiger partial charge < -0.3 is 11.1 Å². The fourth-order valence-corrected chi connectivity index (χ4v) is 1.89. The number of nitrogens with two attached hydrogens (primary N) is 1. The predicted molar refractivity (Wildman–Crippen MR) is 75.4 cm³/mol. The molecule has 0 aliphatic rings. The van der Waals surface area contributed by atoms with Crippen molar-refractivity contribution in [1.82, 2.24) is 5.32 Å². The number of amides is 1. The van der Waals surface area contributed by atoms with Crippen LogP contribution >= 0.6 is 0 Å². The van der Waals surface area contributed by atoms with E-state index in [0.717, 1.165) is 18.6 Å². The maximum Gasteiger partial charge on any atom is 0.416 e. The normalized spacial score (nSPS) is 16.1. The van der Waals surface area contributed by atoms with Crippen molar-refractivity contribution in [3.05, 3.63) is 35.4 Å². The molecule has 0 saturated carbocycles. The van der Waals surface area contributed by atoms with Gasteiger partial charge in [-0.2, -0.15) is 13.2 Å². The number of hydrogen-bond acceptors (Lipinski definition) is 2. The predicted octanol–water partition coefficient (Wildman–Crippen LogP) is 3.26. The van der Waals surface area contributed by atoms with E-state index in [0.29, 0.717) is 5.56 Å². The van der Waals surface area contributed by atoms with E-state index in [4.69, 9.17) is 5.73 Å². The number of carbonyl (C=O) groups is 1. The monoisotopic (exact) mass is 302 g/mol. The summed E-state index contributed by atoms with van der Waals surface area (Å²) in [7, 11) is 0. The Kier molecular flexibility index (Phi) is 5.78. The molecule has 0 bridgehead atoms. The Bertz CT molecular complexity index is 488. The van der Waals surface area contributed by atoms with Gasteiger partial charge in [-0.15, -0.1) is 0 Å². The van der Waals surface area contributed by atoms with Crippen LogP contribution < -0.4 is 11.1 Å². The molecule has 0 aliphatic heterocycles. The fourth-order valence-electron chi connectivity index (χ4n) is 1.89. The molecule has 21 heavy (non-hydrogen) atoms. The van der Waals surface area contributed by atoms with E-state index in [9.17, 15) is 18.0 Å². The maximum absolute atomic E-state index is 12.7. The highest BCUT2D eigenvalue weighted by molar-refractivity contribution is 5.82. The first-order valence-corrected chi connectivity index (χ1v) is 6.90. The SMILES string of the molecule is CC[C@H](C)[C@H](N)C(=O)NC(C)c1cccc(C(F)(F)F)c1. The van der Waals surface area contributed by atoms with Crippen molar-refractivity contribution in [3.8, 4) is 0 Å². The van der Waals surface area contributed by atoms with Gasteiger partial charge in [-0.05, 0) is 30.5 Å². The number of carbonyl (C=O) groups excluding carboxylic acids is 1. The molecule has 1 aromatic rings. The molecule has 0 heterocycles. The van der Waals surface area contributed by atoms with Gasteiger partial charge in [0.1, 0.15) is 0 Å². The van der Waals surface area contributed by atoms with Crippen molar-refractivity contribution in [3.63, 3.8) is 0 Å². The Morgan fingerprint density at radius 3 is 2.48 bits per heavy atom. The minimum Gasteiger partial charge on any atom is -0.348 e. The molecule has 0 spiro atoms. The first-order chi connectivity index (χ1) is 9.66.